The first-order valence-electron chi connectivity index (χ1n) is 11.4. The highest BCUT2D eigenvalue weighted by Crippen LogP contribution is 2.48. The third-order valence-electron chi connectivity index (χ3n) is 6.38. The monoisotopic (exact) mass is 523 g/mol. The zero-order valence-corrected chi connectivity index (χ0v) is 22.5. The maximum absolute atomic E-state index is 11.6. The van der Waals surface area contributed by atoms with E-state index < -0.39 is 0 Å². The fraction of sp³-hybridized carbons (Fsp3) is 0.321. The van der Waals surface area contributed by atoms with E-state index in [1.807, 2.05) is 25.2 Å². The predicted molar refractivity (Wildman–Crippen MR) is 145 cm³/mol. The van der Waals surface area contributed by atoms with Crippen LogP contribution in [0, 0.1) is 20.8 Å². The molecule has 1 aromatic heterocycles. The van der Waals surface area contributed by atoms with Crippen molar-refractivity contribution >= 4 is 54.1 Å². The molecule has 172 valence electrons. The lowest BCUT2D eigenvalue weighted by atomic mass is 9.91. The van der Waals surface area contributed by atoms with Crippen LogP contribution in [0.2, 0.25) is 0 Å². The van der Waals surface area contributed by atoms with E-state index in [-0.39, 0.29) is 5.97 Å². The van der Waals surface area contributed by atoms with Gasteiger partial charge in [0.2, 0.25) is 0 Å². The standard InChI is InChI=1S/C28H30BrNO2S/c1-7-30(8-2)15-23-18(5)24-25(20-13-16(3)27(17(4)14-20)32-19(6)31)21-11-9-10-12-22(21)26(29)28(24)33-23/h9-14H,7-8,15H2,1-6H3. The first kappa shape index (κ1) is 23.9. The number of hydrogen-bond donors (Lipinski definition) is 0. The van der Waals surface area contributed by atoms with Crippen molar-refractivity contribution in [2.24, 2.45) is 0 Å². The number of esters is 1. The summed E-state index contributed by atoms with van der Waals surface area (Å²) in [5, 5.41) is 3.76. The molecule has 0 spiro atoms. The number of fused-ring (bicyclic) bond motifs is 2. The van der Waals surface area contributed by atoms with Crippen LogP contribution in [-0.2, 0) is 11.3 Å². The Morgan fingerprint density at radius 3 is 2.21 bits per heavy atom. The number of ether oxygens (including phenoxy) is 1. The van der Waals surface area contributed by atoms with Crippen LogP contribution in [-0.4, -0.2) is 24.0 Å². The van der Waals surface area contributed by atoms with E-state index in [1.165, 1.54) is 48.3 Å². The SMILES string of the molecule is CCN(CC)Cc1sc2c(Br)c3ccccc3c(-c3cc(C)c(OC(C)=O)c(C)c3)c2c1C. The highest BCUT2D eigenvalue weighted by atomic mass is 79.9. The van der Waals surface area contributed by atoms with Crippen LogP contribution in [0.25, 0.3) is 32.0 Å². The van der Waals surface area contributed by atoms with Crippen LogP contribution in [0.4, 0.5) is 0 Å². The molecule has 0 saturated carbocycles. The van der Waals surface area contributed by atoms with Gasteiger partial charge >= 0.3 is 5.97 Å². The summed E-state index contributed by atoms with van der Waals surface area (Å²) in [5.41, 5.74) is 5.70. The first-order chi connectivity index (χ1) is 15.8. The Labute approximate surface area is 208 Å². The smallest absolute Gasteiger partial charge is 0.308 e. The molecule has 3 aromatic carbocycles. The lowest BCUT2D eigenvalue weighted by Crippen LogP contribution is -2.21. The maximum atomic E-state index is 11.6. The van der Waals surface area contributed by atoms with Gasteiger partial charge in [-0.1, -0.05) is 38.1 Å². The van der Waals surface area contributed by atoms with E-state index in [9.17, 15) is 4.79 Å². The molecule has 0 N–H and O–H groups in total. The number of carbonyl (C=O) groups is 1. The van der Waals surface area contributed by atoms with E-state index in [4.69, 9.17) is 4.74 Å². The van der Waals surface area contributed by atoms with Gasteiger partial charge < -0.3 is 4.74 Å². The fourth-order valence-electron chi connectivity index (χ4n) is 4.67. The van der Waals surface area contributed by atoms with Crippen LogP contribution in [0.1, 0.15) is 42.3 Å². The second kappa shape index (κ2) is 9.57. The molecule has 33 heavy (non-hydrogen) atoms. The van der Waals surface area contributed by atoms with Gasteiger partial charge in [-0.2, -0.15) is 0 Å². The van der Waals surface area contributed by atoms with E-state index in [0.717, 1.165) is 36.3 Å². The second-order valence-electron chi connectivity index (χ2n) is 8.58. The van der Waals surface area contributed by atoms with Gasteiger partial charge in [0.25, 0.3) is 0 Å². The maximum Gasteiger partial charge on any atom is 0.308 e. The third-order valence-corrected chi connectivity index (χ3v) is 8.76. The van der Waals surface area contributed by atoms with Gasteiger partial charge in [-0.05, 0) is 101 Å². The molecule has 0 aliphatic rings. The van der Waals surface area contributed by atoms with Crippen LogP contribution < -0.4 is 4.74 Å². The van der Waals surface area contributed by atoms with Crippen LogP contribution in [0.5, 0.6) is 5.75 Å². The van der Waals surface area contributed by atoms with Crippen molar-refractivity contribution in [3.8, 4) is 16.9 Å². The van der Waals surface area contributed by atoms with Crippen LogP contribution in [0.3, 0.4) is 0 Å². The van der Waals surface area contributed by atoms with E-state index in [0.29, 0.717) is 5.75 Å². The van der Waals surface area contributed by atoms with Gasteiger partial charge in [-0.25, -0.2) is 0 Å². The molecule has 0 radical (unpaired) electrons. The van der Waals surface area contributed by atoms with Crippen molar-refractivity contribution in [1.29, 1.82) is 0 Å². The molecule has 4 rings (SSSR count). The minimum atomic E-state index is -0.292. The Bertz CT molecular complexity index is 1340. The summed E-state index contributed by atoms with van der Waals surface area (Å²) in [7, 11) is 0. The number of rotatable bonds is 6. The minimum Gasteiger partial charge on any atom is -0.426 e. The largest absolute Gasteiger partial charge is 0.426 e. The summed E-state index contributed by atoms with van der Waals surface area (Å²) in [4.78, 5) is 15.5. The van der Waals surface area contributed by atoms with Crippen molar-refractivity contribution in [1.82, 2.24) is 4.90 Å². The Morgan fingerprint density at radius 1 is 1.03 bits per heavy atom. The van der Waals surface area contributed by atoms with Gasteiger partial charge in [0.05, 0.1) is 4.70 Å². The van der Waals surface area contributed by atoms with Crippen molar-refractivity contribution in [2.45, 2.75) is 48.1 Å². The van der Waals surface area contributed by atoms with Gasteiger partial charge in [0.1, 0.15) is 5.75 Å². The second-order valence-corrected chi connectivity index (χ2v) is 10.5. The number of halogens is 1. The molecule has 1 heterocycles. The number of thiophene rings is 1. The zero-order chi connectivity index (χ0) is 23.9. The average Bonchev–Trinajstić information content (AvgIpc) is 3.11. The lowest BCUT2D eigenvalue weighted by Gasteiger charge is -2.18. The predicted octanol–water partition coefficient (Wildman–Crippen LogP) is 8.18. The topological polar surface area (TPSA) is 29.5 Å². The molecule has 0 aliphatic heterocycles. The molecular weight excluding hydrogens is 494 g/mol. The molecule has 5 heteroatoms. The molecule has 0 aliphatic carbocycles. The van der Waals surface area contributed by atoms with E-state index >= 15 is 0 Å². The van der Waals surface area contributed by atoms with Gasteiger partial charge in [-0.3, -0.25) is 9.69 Å². The van der Waals surface area contributed by atoms with Gasteiger partial charge in [0.15, 0.2) is 0 Å². The minimum absolute atomic E-state index is 0.292. The Hall–Kier alpha value is -2.21. The summed E-state index contributed by atoms with van der Waals surface area (Å²) in [6, 6.07) is 12.9. The molecule has 0 unspecified atom stereocenters. The zero-order valence-electron chi connectivity index (χ0n) is 20.1. The highest BCUT2D eigenvalue weighted by Gasteiger charge is 2.22. The van der Waals surface area contributed by atoms with Crippen LogP contribution >= 0.6 is 27.3 Å². The third kappa shape index (κ3) is 4.34. The highest BCUT2D eigenvalue weighted by molar-refractivity contribution is 9.11. The molecule has 0 atom stereocenters. The number of carbonyl (C=O) groups excluding carboxylic acids is 1. The molecule has 0 saturated heterocycles. The van der Waals surface area contributed by atoms with Crippen molar-refractivity contribution in [3.63, 3.8) is 0 Å². The molecule has 4 aromatic rings. The summed E-state index contributed by atoms with van der Waals surface area (Å²) >= 11 is 5.84. The molecule has 0 fully saturated rings. The number of benzene rings is 3. The van der Waals surface area contributed by atoms with Gasteiger partial charge in [0, 0.05) is 28.2 Å². The molecular formula is C28H30BrNO2S. The van der Waals surface area contributed by atoms with Crippen LogP contribution in [0.15, 0.2) is 40.9 Å². The number of nitrogens with zero attached hydrogens (tertiary/aromatic N) is 1. The Morgan fingerprint density at radius 2 is 1.64 bits per heavy atom. The Balaban J connectivity index is 2.05. The molecule has 0 amide bonds. The lowest BCUT2D eigenvalue weighted by molar-refractivity contribution is -0.131. The molecule has 3 nitrogen and oxygen atoms in total. The number of aryl methyl sites for hydroxylation is 3. The summed E-state index contributed by atoms with van der Waals surface area (Å²) < 4.78 is 7.97. The van der Waals surface area contributed by atoms with E-state index in [1.54, 1.807) is 0 Å². The normalized spacial score (nSPS) is 11.6. The quantitative estimate of drug-likeness (QED) is 0.188. The summed E-state index contributed by atoms with van der Waals surface area (Å²) in [6.07, 6.45) is 0. The Kier molecular flexibility index (Phi) is 6.94. The molecule has 0 bridgehead atoms. The fourth-order valence-corrected chi connectivity index (χ4v) is 6.76. The summed E-state index contributed by atoms with van der Waals surface area (Å²) in [5.74, 6) is 0.369. The van der Waals surface area contributed by atoms with E-state index in [2.05, 4.69) is 78.0 Å². The van der Waals surface area contributed by atoms with Crippen molar-refractivity contribution in [2.75, 3.05) is 13.1 Å². The van der Waals surface area contributed by atoms with Crippen molar-refractivity contribution in [3.05, 3.63) is 62.4 Å². The first-order valence-corrected chi connectivity index (χ1v) is 13.0. The average molecular weight is 525 g/mol. The number of hydrogen-bond acceptors (Lipinski definition) is 4. The van der Waals surface area contributed by atoms with Gasteiger partial charge in [-0.15, -0.1) is 11.3 Å². The summed E-state index contributed by atoms with van der Waals surface area (Å²) in [6.45, 7) is 15.2. The van der Waals surface area contributed by atoms with Crippen molar-refractivity contribution < 1.29 is 9.53 Å².